The second kappa shape index (κ2) is 8.98. The standard InChI is InChI=1S/C24H24ClN5O3S/c1-15-3-2-10-30(14-15)34(32,33)19-7-5-18(6-8-19)27-24-26-13-16-11-22(31)28-21-12-17(25)4-9-20(21)23(16)29-24/h4-9,12-13,15H,2-3,10-11,14H2,1H3,(H,28,31)(H,26,27,29). The summed E-state index contributed by atoms with van der Waals surface area (Å²) in [6.45, 7) is 3.18. The quantitative estimate of drug-likeness (QED) is 0.551. The highest BCUT2D eigenvalue weighted by atomic mass is 35.5. The third-order valence-electron chi connectivity index (χ3n) is 6.09. The number of piperidine rings is 1. The lowest BCUT2D eigenvalue weighted by Crippen LogP contribution is -2.39. The van der Waals surface area contributed by atoms with Gasteiger partial charge < -0.3 is 10.6 Å². The number of hydrogen-bond acceptors (Lipinski definition) is 6. The Hall–Kier alpha value is -3.01. The predicted molar refractivity (Wildman–Crippen MR) is 132 cm³/mol. The number of rotatable bonds is 4. The Kier molecular flexibility index (Phi) is 6.01. The third kappa shape index (κ3) is 4.51. The lowest BCUT2D eigenvalue weighted by Gasteiger charge is -2.30. The lowest BCUT2D eigenvalue weighted by atomic mass is 10.0. The van der Waals surface area contributed by atoms with Crippen molar-refractivity contribution in [3.63, 3.8) is 0 Å². The van der Waals surface area contributed by atoms with Gasteiger partial charge in [0.1, 0.15) is 0 Å². The van der Waals surface area contributed by atoms with Crippen LogP contribution in [0.3, 0.4) is 0 Å². The zero-order chi connectivity index (χ0) is 23.9. The van der Waals surface area contributed by atoms with Gasteiger partial charge in [0.2, 0.25) is 21.9 Å². The number of hydrogen-bond donors (Lipinski definition) is 2. The number of aromatic nitrogens is 2. The topological polar surface area (TPSA) is 104 Å². The first-order valence-electron chi connectivity index (χ1n) is 11.1. The average Bonchev–Trinajstić information content (AvgIpc) is 2.94. The molecule has 1 amide bonds. The molecular formula is C24H24ClN5O3S. The van der Waals surface area contributed by atoms with E-state index in [1.807, 2.05) is 6.07 Å². The van der Waals surface area contributed by atoms with E-state index >= 15 is 0 Å². The van der Waals surface area contributed by atoms with Crippen LogP contribution in [0.4, 0.5) is 17.3 Å². The molecule has 2 N–H and O–H groups in total. The van der Waals surface area contributed by atoms with Gasteiger partial charge in [0.15, 0.2) is 0 Å². The van der Waals surface area contributed by atoms with Crippen LogP contribution < -0.4 is 10.6 Å². The summed E-state index contributed by atoms with van der Waals surface area (Å²) in [5.41, 5.74) is 3.36. The van der Waals surface area contributed by atoms with E-state index in [1.165, 1.54) is 0 Å². The number of nitrogens with one attached hydrogen (secondary N) is 2. The minimum absolute atomic E-state index is 0.156. The van der Waals surface area contributed by atoms with Crippen molar-refractivity contribution in [2.45, 2.75) is 31.1 Å². The molecule has 1 saturated heterocycles. The zero-order valence-corrected chi connectivity index (χ0v) is 20.2. The maximum Gasteiger partial charge on any atom is 0.243 e. The van der Waals surface area contributed by atoms with Crippen molar-refractivity contribution >= 4 is 44.9 Å². The van der Waals surface area contributed by atoms with Gasteiger partial charge in [-0.3, -0.25) is 4.79 Å². The van der Waals surface area contributed by atoms with Crippen molar-refractivity contribution in [3.8, 4) is 11.3 Å². The Labute approximate surface area is 203 Å². The smallest absolute Gasteiger partial charge is 0.243 e. The van der Waals surface area contributed by atoms with Crippen LogP contribution in [0.2, 0.25) is 5.02 Å². The molecule has 2 aliphatic heterocycles. The van der Waals surface area contributed by atoms with E-state index in [0.29, 0.717) is 52.6 Å². The molecule has 3 heterocycles. The van der Waals surface area contributed by atoms with Crippen molar-refractivity contribution in [1.29, 1.82) is 0 Å². The number of nitrogens with zero attached hydrogens (tertiary/aromatic N) is 3. The fourth-order valence-corrected chi connectivity index (χ4v) is 6.15. The summed E-state index contributed by atoms with van der Waals surface area (Å²) in [5, 5.41) is 6.51. The molecule has 0 saturated carbocycles. The maximum atomic E-state index is 13.0. The second-order valence-corrected chi connectivity index (χ2v) is 11.1. The van der Waals surface area contributed by atoms with Gasteiger partial charge in [0.25, 0.3) is 0 Å². The predicted octanol–water partition coefficient (Wildman–Crippen LogP) is 4.46. The molecule has 176 valence electrons. The van der Waals surface area contributed by atoms with Gasteiger partial charge in [-0.1, -0.05) is 18.5 Å². The number of benzene rings is 2. The Morgan fingerprint density at radius 3 is 2.74 bits per heavy atom. The van der Waals surface area contributed by atoms with E-state index in [1.54, 1.807) is 46.9 Å². The molecule has 2 aliphatic rings. The van der Waals surface area contributed by atoms with E-state index in [4.69, 9.17) is 11.6 Å². The summed E-state index contributed by atoms with van der Waals surface area (Å²) in [5.74, 6) is 0.544. The first kappa shape index (κ1) is 22.8. The summed E-state index contributed by atoms with van der Waals surface area (Å²) in [7, 11) is -3.52. The van der Waals surface area contributed by atoms with Crippen LogP contribution in [0.15, 0.2) is 53.6 Å². The molecule has 0 spiro atoms. The molecule has 0 bridgehead atoms. The average molecular weight is 498 g/mol. The van der Waals surface area contributed by atoms with E-state index < -0.39 is 10.0 Å². The molecule has 5 rings (SSSR count). The number of halogens is 1. The molecule has 1 aromatic heterocycles. The number of fused-ring (bicyclic) bond motifs is 3. The van der Waals surface area contributed by atoms with Crippen LogP contribution in [0, 0.1) is 5.92 Å². The molecule has 1 unspecified atom stereocenters. The molecule has 0 radical (unpaired) electrons. The number of amides is 1. The summed E-state index contributed by atoms with van der Waals surface area (Å²) >= 11 is 6.10. The summed E-state index contributed by atoms with van der Waals surface area (Å²) in [4.78, 5) is 21.5. The second-order valence-electron chi connectivity index (χ2n) is 8.74. The van der Waals surface area contributed by atoms with E-state index in [-0.39, 0.29) is 17.2 Å². The van der Waals surface area contributed by atoms with Crippen LogP contribution in [0.5, 0.6) is 0 Å². The molecule has 2 aromatic carbocycles. The molecule has 1 atom stereocenters. The molecule has 1 fully saturated rings. The minimum Gasteiger partial charge on any atom is -0.325 e. The van der Waals surface area contributed by atoms with Gasteiger partial charge in [-0.25, -0.2) is 18.4 Å². The molecule has 34 heavy (non-hydrogen) atoms. The van der Waals surface area contributed by atoms with Gasteiger partial charge >= 0.3 is 0 Å². The number of carbonyl (C=O) groups excluding carboxylic acids is 1. The first-order valence-corrected chi connectivity index (χ1v) is 12.9. The van der Waals surface area contributed by atoms with Crippen molar-refractivity contribution in [1.82, 2.24) is 14.3 Å². The SMILES string of the molecule is CC1CCCN(S(=O)(=O)c2ccc(Nc3ncc4c(n3)-c3ccc(Cl)cc3NC(=O)C4)cc2)C1. The van der Waals surface area contributed by atoms with Gasteiger partial charge in [-0.05, 0) is 61.2 Å². The van der Waals surface area contributed by atoms with Crippen molar-refractivity contribution in [2.24, 2.45) is 5.92 Å². The molecule has 10 heteroatoms. The highest BCUT2D eigenvalue weighted by molar-refractivity contribution is 7.89. The number of carbonyl (C=O) groups is 1. The van der Waals surface area contributed by atoms with E-state index in [9.17, 15) is 13.2 Å². The Bertz CT molecular complexity index is 1360. The van der Waals surface area contributed by atoms with Crippen LogP contribution in [0.1, 0.15) is 25.3 Å². The van der Waals surface area contributed by atoms with E-state index in [2.05, 4.69) is 27.5 Å². The van der Waals surface area contributed by atoms with Crippen LogP contribution in [-0.4, -0.2) is 41.7 Å². The summed E-state index contributed by atoms with van der Waals surface area (Å²) in [6, 6.07) is 11.9. The lowest BCUT2D eigenvalue weighted by molar-refractivity contribution is -0.115. The maximum absolute atomic E-state index is 13.0. The Morgan fingerprint density at radius 2 is 1.97 bits per heavy atom. The van der Waals surface area contributed by atoms with Gasteiger partial charge in [-0.2, -0.15) is 4.31 Å². The highest BCUT2D eigenvalue weighted by Crippen LogP contribution is 2.35. The fraction of sp³-hybridized carbons (Fsp3) is 0.292. The Balaban J connectivity index is 1.40. The van der Waals surface area contributed by atoms with Crippen molar-refractivity contribution in [2.75, 3.05) is 23.7 Å². The van der Waals surface area contributed by atoms with Crippen molar-refractivity contribution in [3.05, 3.63) is 59.2 Å². The fourth-order valence-electron chi connectivity index (χ4n) is 4.38. The molecular weight excluding hydrogens is 474 g/mol. The molecule has 3 aromatic rings. The van der Waals surface area contributed by atoms with Crippen LogP contribution in [0.25, 0.3) is 11.3 Å². The van der Waals surface area contributed by atoms with Crippen LogP contribution in [-0.2, 0) is 21.2 Å². The summed E-state index contributed by atoms with van der Waals surface area (Å²) < 4.78 is 27.6. The third-order valence-corrected chi connectivity index (χ3v) is 8.21. The van der Waals surface area contributed by atoms with Crippen molar-refractivity contribution < 1.29 is 13.2 Å². The molecule has 0 aliphatic carbocycles. The monoisotopic (exact) mass is 497 g/mol. The van der Waals surface area contributed by atoms with E-state index in [0.717, 1.165) is 18.4 Å². The number of anilines is 3. The van der Waals surface area contributed by atoms with Gasteiger partial charge in [-0.15, -0.1) is 0 Å². The minimum atomic E-state index is -3.52. The van der Waals surface area contributed by atoms with Crippen LogP contribution >= 0.6 is 11.6 Å². The normalized spacial score (nSPS) is 18.4. The largest absolute Gasteiger partial charge is 0.325 e. The zero-order valence-electron chi connectivity index (χ0n) is 18.6. The Morgan fingerprint density at radius 1 is 1.18 bits per heavy atom. The van der Waals surface area contributed by atoms with Gasteiger partial charge in [0, 0.05) is 41.1 Å². The number of sulfonamides is 1. The molecule has 8 nitrogen and oxygen atoms in total. The summed E-state index contributed by atoms with van der Waals surface area (Å²) in [6.07, 6.45) is 3.72. The highest BCUT2D eigenvalue weighted by Gasteiger charge is 2.28. The first-order chi connectivity index (χ1) is 16.3. The van der Waals surface area contributed by atoms with Gasteiger partial charge in [0.05, 0.1) is 22.7 Å².